The van der Waals surface area contributed by atoms with Gasteiger partial charge in [0.05, 0.1) is 0 Å². The summed E-state index contributed by atoms with van der Waals surface area (Å²) in [5.74, 6) is 0.0903. The predicted octanol–water partition coefficient (Wildman–Crippen LogP) is 2.20. The van der Waals surface area contributed by atoms with Crippen LogP contribution in [-0.2, 0) is 4.79 Å². The summed E-state index contributed by atoms with van der Waals surface area (Å²) in [6, 6.07) is 0.316. The van der Waals surface area contributed by atoms with Gasteiger partial charge < -0.3 is 11.1 Å². The minimum atomic E-state index is -0.414. The topological polar surface area (TPSA) is 55.1 Å². The second-order valence-electron chi connectivity index (χ2n) is 6.52. The Labute approximate surface area is 99.2 Å². The van der Waals surface area contributed by atoms with Gasteiger partial charge in [0, 0.05) is 18.0 Å². The highest BCUT2D eigenvalue weighted by Crippen LogP contribution is 2.35. The molecule has 0 radical (unpaired) electrons. The van der Waals surface area contributed by atoms with Gasteiger partial charge in [-0.2, -0.15) is 0 Å². The number of amides is 1. The van der Waals surface area contributed by atoms with E-state index in [9.17, 15) is 4.79 Å². The van der Waals surface area contributed by atoms with E-state index in [0.717, 1.165) is 6.42 Å². The first-order valence-corrected chi connectivity index (χ1v) is 6.29. The first kappa shape index (κ1) is 13.5. The lowest BCUT2D eigenvalue weighted by molar-refractivity contribution is -0.123. The number of rotatable bonds is 3. The molecular weight excluding hydrogens is 200 g/mol. The Hall–Kier alpha value is -0.570. The van der Waals surface area contributed by atoms with Gasteiger partial charge in [0.15, 0.2) is 0 Å². The summed E-state index contributed by atoms with van der Waals surface area (Å²) >= 11 is 0. The fourth-order valence-electron chi connectivity index (χ4n) is 2.42. The van der Waals surface area contributed by atoms with E-state index in [1.807, 2.05) is 13.8 Å². The van der Waals surface area contributed by atoms with Crippen molar-refractivity contribution in [2.45, 2.75) is 71.4 Å². The van der Waals surface area contributed by atoms with Gasteiger partial charge in [-0.3, -0.25) is 4.79 Å². The summed E-state index contributed by atoms with van der Waals surface area (Å²) in [5.41, 5.74) is 5.66. The van der Waals surface area contributed by atoms with Crippen molar-refractivity contribution >= 4 is 5.91 Å². The number of hydrogen-bond acceptors (Lipinski definition) is 2. The van der Waals surface area contributed by atoms with E-state index in [2.05, 4.69) is 19.2 Å². The Bertz CT molecular complexity index is 253. The van der Waals surface area contributed by atoms with Crippen molar-refractivity contribution in [1.29, 1.82) is 0 Å². The molecule has 0 spiro atoms. The van der Waals surface area contributed by atoms with E-state index in [1.165, 1.54) is 19.3 Å². The van der Waals surface area contributed by atoms with Crippen LogP contribution in [0.2, 0.25) is 0 Å². The Balaban J connectivity index is 2.49. The summed E-state index contributed by atoms with van der Waals surface area (Å²) in [6.07, 6.45) is 5.20. The number of nitrogens with one attached hydrogen (secondary N) is 1. The van der Waals surface area contributed by atoms with Crippen molar-refractivity contribution in [3.05, 3.63) is 0 Å². The predicted molar refractivity (Wildman–Crippen MR) is 67.1 cm³/mol. The van der Waals surface area contributed by atoms with Crippen LogP contribution in [0.3, 0.4) is 0 Å². The smallest absolute Gasteiger partial charge is 0.222 e. The zero-order valence-electron chi connectivity index (χ0n) is 11.1. The monoisotopic (exact) mass is 226 g/mol. The first-order chi connectivity index (χ1) is 7.21. The lowest BCUT2D eigenvalue weighted by atomic mass is 9.73. The highest BCUT2D eigenvalue weighted by molar-refractivity contribution is 5.77. The lowest BCUT2D eigenvalue weighted by Crippen LogP contribution is -2.49. The van der Waals surface area contributed by atoms with Gasteiger partial charge >= 0.3 is 0 Å². The quantitative estimate of drug-likeness (QED) is 0.775. The van der Waals surface area contributed by atoms with E-state index in [-0.39, 0.29) is 11.3 Å². The summed E-state index contributed by atoms with van der Waals surface area (Å²) in [6.45, 7) is 8.26. The van der Waals surface area contributed by atoms with Crippen LogP contribution in [-0.4, -0.2) is 17.5 Å². The third-order valence-electron chi connectivity index (χ3n) is 3.46. The molecule has 3 N–H and O–H groups in total. The molecule has 1 unspecified atom stereocenters. The first-order valence-electron chi connectivity index (χ1n) is 6.29. The van der Waals surface area contributed by atoms with Crippen LogP contribution in [0.5, 0.6) is 0 Å². The zero-order valence-corrected chi connectivity index (χ0v) is 11.1. The number of nitrogens with two attached hydrogens (primary N) is 1. The Morgan fingerprint density at radius 1 is 1.44 bits per heavy atom. The molecule has 3 nitrogen and oxygen atoms in total. The Morgan fingerprint density at radius 3 is 2.56 bits per heavy atom. The summed E-state index contributed by atoms with van der Waals surface area (Å²) < 4.78 is 0. The van der Waals surface area contributed by atoms with E-state index in [4.69, 9.17) is 5.73 Å². The van der Waals surface area contributed by atoms with Crippen molar-refractivity contribution in [3.8, 4) is 0 Å². The summed E-state index contributed by atoms with van der Waals surface area (Å²) in [4.78, 5) is 11.8. The van der Waals surface area contributed by atoms with Gasteiger partial charge in [-0.1, -0.05) is 26.7 Å². The Morgan fingerprint density at radius 2 is 2.06 bits per heavy atom. The highest BCUT2D eigenvalue weighted by Gasteiger charge is 2.33. The van der Waals surface area contributed by atoms with E-state index < -0.39 is 5.54 Å². The molecule has 0 aromatic carbocycles. The third kappa shape index (κ3) is 4.12. The third-order valence-corrected chi connectivity index (χ3v) is 3.46. The highest BCUT2D eigenvalue weighted by atomic mass is 16.1. The molecule has 94 valence electrons. The molecule has 1 fully saturated rings. The normalized spacial score (nSPS) is 25.2. The fourth-order valence-corrected chi connectivity index (χ4v) is 2.42. The maximum Gasteiger partial charge on any atom is 0.222 e. The van der Waals surface area contributed by atoms with Gasteiger partial charge in [-0.15, -0.1) is 0 Å². The van der Waals surface area contributed by atoms with Crippen LogP contribution in [0, 0.1) is 5.41 Å². The number of carbonyl (C=O) groups excluding carboxylic acids is 1. The van der Waals surface area contributed by atoms with E-state index in [0.29, 0.717) is 12.5 Å². The Kier molecular flexibility index (Phi) is 4.00. The maximum absolute atomic E-state index is 11.8. The largest absolute Gasteiger partial charge is 0.353 e. The molecule has 0 saturated heterocycles. The summed E-state index contributed by atoms with van der Waals surface area (Å²) in [5, 5.41) is 3.15. The molecule has 1 amide bonds. The molecule has 0 bridgehead atoms. The van der Waals surface area contributed by atoms with Crippen molar-refractivity contribution in [1.82, 2.24) is 5.32 Å². The van der Waals surface area contributed by atoms with Gasteiger partial charge in [-0.05, 0) is 32.1 Å². The van der Waals surface area contributed by atoms with Gasteiger partial charge in [0.25, 0.3) is 0 Å². The average molecular weight is 226 g/mol. The van der Waals surface area contributed by atoms with Crippen LogP contribution >= 0.6 is 0 Å². The molecule has 0 aromatic rings. The van der Waals surface area contributed by atoms with Gasteiger partial charge in [-0.25, -0.2) is 0 Å². The minimum absolute atomic E-state index is 0.0903. The van der Waals surface area contributed by atoms with Crippen LogP contribution in [0.1, 0.15) is 59.8 Å². The number of hydrogen-bond donors (Lipinski definition) is 2. The van der Waals surface area contributed by atoms with Crippen LogP contribution in [0.15, 0.2) is 0 Å². The average Bonchev–Trinajstić information content (AvgIpc) is 2.05. The molecule has 1 atom stereocenters. The molecule has 0 aliphatic heterocycles. The molecule has 0 aromatic heterocycles. The SMILES string of the molecule is CC(C)(N)CC(=O)NC1CCCCC1(C)C. The second kappa shape index (κ2) is 4.74. The molecule has 1 aliphatic rings. The molecule has 16 heavy (non-hydrogen) atoms. The fraction of sp³-hybridized carbons (Fsp3) is 0.923. The van der Waals surface area contributed by atoms with Crippen molar-refractivity contribution < 1.29 is 4.79 Å². The molecule has 1 rings (SSSR count). The van der Waals surface area contributed by atoms with Gasteiger partial charge in [0.2, 0.25) is 5.91 Å². The van der Waals surface area contributed by atoms with E-state index in [1.54, 1.807) is 0 Å². The minimum Gasteiger partial charge on any atom is -0.353 e. The number of carbonyl (C=O) groups is 1. The molecular formula is C13H26N2O. The molecule has 1 saturated carbocycles. The zero-order chi connectivity index (χ0) is 12.4. The maximum atomic E-state index is 11.8. The van der Waals surface area contributed by atoms with Crippen LogP contribution < -0.4 is 11.1 Å². The molecule has 1 aliphatic carbocycles. The van der Waals surface area contributed by atoms with E-state index >= 15 is 0 Å². The van der Waals surface area contributed by atoms with Gasteiger partial charge in [0.1, 0.15) is 0 Å². The lowest BCUT2D eigenvalue weighted by Gasteiger charge is -2.39. The van der Waals surface area contributed by atoms with Crippen LogP contribution in [0.4, 0.5) is 0 Å². The molecule has 0 heterocycles. The second-order valence-corrected chi connectivity index (χ2v) is 6.52. The van der Waals surface area contributed by atoms with Crippen LogP contribution in [0.25, 0.3) is 0 Å². The standard InChI is InChI=1S/C13H26N2O/c1-12(2)8-6-5-7-10(12)15-11(16)9-13(3,4)14/h10H,5-9,14H2,1-4H3,(H,15,16). The van der Waals surface area contributed by atoms with Crippen molar-refractivity contribution in [2.24, 2.45) is 11.1 Å². The van der Waals surface area contributed by atoms with Crippen molar-refractivity contribution in [3.63, 3.8) is 0 Å². The summed E-state index contributed by atoms with van der Waals surface area (Å²) in [7, 11) is 0. The van der Waals surface area contributed by atoms with Crippen molar-refractivity contribution in [2.75, 3.05) is 0 Å². The molecule has 3 heteroatoms.